The van der Waals surface area contributed by atoms with E-state index in [1.54, 1.807) is 0 Å². The number of rotatable bonds is 2. The highest BCUT2D eigenvalue weighted by molar-refractivity contribution is 6.29. The lowest BCUT2D eigenvalue weighted by molar-refractivity contribution is 0.0651. The van der Waals surface area contributed by atoms with Gasteiger partial charge < -0.3 is 10.2 Å². The number of carbonyl (C=O) groups is 2. The molecule has 6 heteroatoms. The van der Waals surface area contributed by atoms with Gasteiger partial charge in [0.15, 0.2) is 0 Å². The first-order valence-electron chi connectivity index (χ1n) is 4.14. The van der Waals surface area contributed by atoms with E-state index in [1.165, 1.54) is 0 Å². The lowest BCUT2D eigenvalue weighted by Gasteiger charge is -1.99. The molecule has 0 spiro atoms. The molecule has 0 aliphatic rings. The van der Waals surface area contributed by atoms with Crippen molar-refractivity contribution in [2.75, 3.05) is 0 Å². The number of nitrogens with zero attached hydrogens (tertiary/aromatic N) is 1. The smallest absolute Gasteiger partial charge is 0.338 e. The van der Waals surface area contributed by atoms with Crippen LogP contribution in [0.1, 0.15) is 34.6 Å². The number of carboxylic acids is 2. The number of hydrogen-bond acceptors (Lipinski definition) is 3. The van der Waals surface area contributed by atoms with Crippen molar-refractivity contribution in [3.8, 4) is 0 Å². The number of aromatic nitrogens is 1. The molecular weight excluding hydrogens is 222 g/mol. The Morgan fingerprint density at radius 3 is 2.07 bits per heavy atom. The van der Waals surface area contributed by atoms with Crippen LogP contribution in [0.4, 0.5) is 0 Å². The third kappa shape index (κ3) is 3.55. The Balaban J connectivity index is 0.000000921. The van der Waals surface area contributed by atoms with E-state index in [0.717, 1.165) is 12.3 Å². The van der Waals surface area contributed by atoms with E-state index in [1.807, 2.05) is 13.8 Å². The van der Waals surface area contributed by atoms with Crippen molar-refractivity contribution in [1.29, 1.82) is 0 Å². The van der Waals surface area contributed by atoms with Crippen LogP contribution < -0.4 is 0 Å². The fraction of sp³-hybridized carbons (Fsp3) is 0.222. The van der Waals surface area contributed by atoms with Crippen LogP contribution in [0.2, 0.25) is 5.15 Å². The largest absolute Gasteiger partial charge is 0.478 e. The molecule has 0 aliphatic heterocycles. The summed E-state index contributed by atoms with van der Waals surface area (Å²) in [6.45, 7) is 4.00. The Hall–Kier alpha value is -1.62. The summed E-state index contributed by atoms with van der Waals surface area (Å²) in [5, 5.41) is 17.1. The summed E-state index contributed by atoms with van der Waals surface area (Å²) in [6.07, 6.45) is 0.911. The van der Waals surface area contributed by atoms with Gasteiger partial charge in [0.05, 0.1) is 11.1 Å². The van der Waals surface area contributed by atoms with Gasteiger partial charge in [0.2, 0.25) is 0 Å². The lowest BCUT2D eigenvalue weighted by Crippen LogP contribution is -2.08. The first-order valence-corrected chi connectivity index (χ1v) is 4.52. The number of aromatic carboxylic acids is 2. The SMILES string of the molecule is CC.O=C(O)c1cnc(Cl)cc1C(=O)O. The molecule has 1 aromatic rings. The molecule has 0 saturated carbocycles. The molecule has 15 heavy (non-hydrogen) atoms. The van der Waals surface area contributed by atoms with Crippen molar-refractivity contribution < 1.29 is 19.8 Å². The van der Waals surface area contributed by atoms with Crippen LogP contribution in [0, 0.1) is 0 Å². The first kappa shape index (κ1) is 13.4. The molecule has 0 bridgehead atoms. The maximum absolute atomic E-state index is 10.5. The molecule has 0 radical (unpaired) electrons. The van der Waals surface area contributed by atoms with Crippen molar-refractivity contribution in [2.24, 2.45) is 0 Å². The van der Waals surface area contributed by atoms with Crippen LogP contribution >= 0.6 is 11.6 Å². The van der Waals surface area contributed by atoms with Gasteiger partial charge in [0.1, 0.15) is 5.15 Å². The molecular formula is C9H10ClNO4. The van der Waals surface area contributed by atoms with Crippen LogP contribution in [0.25, 0.3) is 0 Å². The summed E-state index contributed by atoms with van der Waals surface area (Å²) >= 11 is 5.40. The van der Waals surface area contributed by atoms with E-state index < -0.39 is 11.9 Å². The number of hydrogen-bond donors (Lipinski definition) is 2. The van der Waals surface area contributed by atoms with E-state index in [-0.39, 0.29) is 16.3 Å². The third-order valence-electron chi connectivity index (χ3n) is 1.33. The standard InChI is InChI=1S/C7H4ClNO4.C2H6/c8-5-1-3(6(10)11)4(2-9-5)7(12)13;1-2/h1-2H,(H,10,11)(H,12,13);1-2H3. The monoisotopic (exact) mass is 231 g/mol. The molecule has 1 heterocycles. The van der Waals surface area contributed by atoms with Gasteiger partial charge in [0, 0.05) is 6.20 Å². The molecule has 5 nitrogen and oxygen atoms in total. The molecule has 82 valence electrons. The van der Waals surface area contributed by atoms with Crippen molar-refractivity contribution in [2.45, 2.75) is 13.8 Å². The van der Waals surface area contributed by atoms with Crippen LogP contribution in [0.5, 0.6) is 0 Å². The zero-order valence-corrected chi connectivity index (χ0v) is 8.95. The zero-order valence-electron chi connectivity index (χ0n) is 8.19. The van der Waals surface area contributed by atoms with Crippen LogP contribution in [-0.4, -0.2) is 27.1 Å². The first-order chi connectivity index (χ1) is 7.02. The highest BCUT2D eigenvalue weighted by Gasteiger charge is 2.16. The maximum Gasteiger partial charge on any atom is 0.338 e. The minimum absolute atomic E-state index is 0.0533. The van der Waals surface area contributed by atoms with Gasteiger partial charge in [-0.25, -0.2) is 14.6 Å². The summed E-state index contributed by atoms with van der Waals surface area (Å²) in [4.78, 5) is 24.5. The molecule has 0 fully saturated rings. The average Bonchev–Trinajstić information content (AvgIpc) is 2.20. The average molecular weight is 232 g/mol. The highest BCUT2D eigenvalue weighted by atomic mass is 35.5. The van der Waals surface area contributed by atoms with Gasteiger partial charge in [-0.1, -0.05) is 25.4 Å². The number of carboxylic acid groups (broad SMARTS) is 2. The van der Waals surface area contributed by atoms with E-state index in [4.69, 9.17) is 21.8 Å². The van der Waals surface area contributed by atoms with Crippen molar-refractivity contribution in [3.63, 3.8) is 0 Å². The van der Waals surface area contributed by atoms with Crippen LogP contribution in [0.3, 0.4) is 0 Å². The second kappa shape index (κ2) is 5.98. The zero-order chi connectivity index (χ0) is 12.0. The Morgan fingerprint density at radius 1 is 1.20 bits per heavy atom. The summed E-state index contributed by atoms with van der Waals surface area (Å²) in [5.74, 6) is -2.69. The summed E-state index contributed by atoms with van der Waals surface area (Å²) in [6, 6.07) is 0.993. The molecule has 0 aliphatic carbocycles. The molecule has 0 amide bonds. The van der Waals surface area contributed by atoms with Gasteiger partial charge >= 0.3 is 11.9 Å². The number of halogens is 1. The van der Waals surface area contributed by atoms with Crippen LogP contribution in [-0.2, 0) is 0 Å². The van der Waals surface area contributed by atoms with E-state index in [0.29, 0.717) is 0 Å². The Morgan fingerprint density at radius 2 is 1.67 bits per heavy atom. The van der Waals surface area contributed by atoms with Gasteiger partial charge in [-0.15, -0.1) is 0 Å². The van der Waals surface area contributed by atoms with E-state index in [9.17, 15) is 9.59 Å². The Bertz CT molecular complexity index is 378. The van der Waals surface area contributed by atoms with Gasteiger partial charge in [-0.2, -0.15) is 0 Å². The number of pyridine rings is 1. The highest BCUT2D eigenvalue weighted by Crippen LogP contribution is 2.12. The van der Waals surface area contributed by atoms with Crippen molar-refractivity contribution >= 4 is 23.5 Å². The second-order valence-corrected chi connectivity index (χ2v) is 2.55. The fourth-order valence-corrected chi connectivity index (χ4v) is 0.935. The third-order valence-corrected chi connectivity index (χ3v) is 1.54. The lowest BCUT2D eigenvalue weighted by atomic mass is 10.1. The molecule has 0 saturated heterocycles. The maximum atomic E-state index is 10.5. The van der Waals surface area contributed by atoms with Crippen molar-refractivity contribution in [3.05, 3.63) is 28.5 Å². The molecule has 0 unspecified atom stereocenters. The van der Waals surface area contributed by atoms with Crippen molar-refractivity contribution in [1.82, 2.24) is 4.98 Å². The van der Waals surface area contributed by atoms with Gasteiger partial charge in [-0.05, 0) is 6.07 Å². The molecule has 1 aromatic heterocycles. The quantitative estimate of drug-likeness (QED) is 0.762. The topological polar surface area (TPSA) is 87.5 Å². The summed E-state index contributed by atoms with van der Waals surface area (Å²) in [5.41, 5.74) is -0.746. The molecule has 1 rings (SSSR count). The second-order valence-electron chi connectivity index (χ2n) is 2.16. The summed E-state index contributed by atoms with van der Waals surface area (Å²) < 4.78 is 0. The van der Waals surface area contributed by atoms with Gasteiger partial charge in [-0.3, -0.25) is 0 Å². The van der Waals surface area contributed by atoms with Gasteiger partial charge in [0.25, 0.3) is 0 Å². The minimum atomic E-state index is -1.35. The fourth-order valence-electron chi connectivity index (χ4n) is 0.777. The predicted molar refractivity (Wildman–Crippen MR) is 54.5 cm³/mol. The normalized spacial score (nSPS) is 8.73. The molecule has 0 aromatic carbocycles. The molecule has 2 N–H and O–H groups in total. The Labute approximate surface area is 91.3 Å². The Kier molecular flexibility index (Phi) is 5.33. The van der Waals surface area contributed by atoms with E-state index in [2.05, 4.69) is 4.98 Å². The minimum Gasteiger partial charge on any atom is -0.478 e. The van der Waals surface area contributed by atoms with Crippen LogP contribution in [0.15, 0.2) is 12.3 Å². The van der Waals surface area contributed by atoms with E-state index >= 15 is 0 Å². The molecule has 0 atom stereocenters. The predicted octanol–water partition coefficient (Wildman–Crippen LogP) is 2.16. The summed E-state index contributed by atoms with van der Waals surface area (Å²) in [7, 11) is 0.